The fourth-order valence-corrected chi connectivity index (χ4v) is 2.99. The van der Waals surface area contributed by atoms with Crippen molar-refractivity contribution in [3.63, 3.8) is 0 Å². The Morgan fingerprint density at radius 3 is 2.33 bits per heavy atom. The minimum atomic E-state index is -0.784. The number of hydrogen-bond acceptors (Lipinski definition) is 6. The lowest BCUT2D eigenvalue weighted by molar-refractivity contribution is -0.137. The van der Waals surface area contributed by atoms with Gasteiger partial charge in [-0.25, -0.2) is 0 Å². The second-order valence-corrected chi connectivity index (χ2v) is 5.92. The quantitative estimate of drug-likeness (QED) is 0.554. The SMILES string of the molecule is CCC(C)C(CCC(=O)O)Sc1nc(OC)cc(OC)n1. The average molecular weight is 314 g/mol. The summed E-state index contributed by atoms with van der Waals surface area (Å²) >= 11 is 1.48. The molecule has 1 aromatic rings. The van der Waals surface area contributed by atoms with Gasteiger partial charge in [-0.1, -0.05) is 32.0 Å². The van der Waals surface area contributed by atoms with Gasteiger partial charge in [0.2, 0.25) is 11.8 Å². The Kier molecular flexibility index (Phi) is 7.28. The third kappa shape index (κ3) is 5.79. The van der Waals surface area contributed by atoms with E-state index in [1.165, 1.54) is 26.0 Å². The van der Waals surface area contributed by atoms with Crippen molar-refractivity contribution in [2.45, 2.75) is 43.5 Å². The van der Waals surface area contributed by atoms with Gasteiger partial charge in [-0.15, -0.1) is 0 Å². The van der Waals surface area contributed by atoms with Crippen LogP contribution in [0.2, 0.25) is 0 Å². The third-order valence-corrected chi connectivity index (χ3v) is 4.65. The summed E-state index contributed by atoms with van der Waals surface area (Å²) in [4.78, 5) is 19.4. The van der Waals surface area contributed by atoms with Crippen LogP contribution in [0, 0.1) is 5.92 Å². The lowest BCUT2D eigenvalue weighted by Crippen LogP contribution is -2.16. The summed E-state index contributed by atoms with van der Waals surface area (Å²) in [5.74, 6) is 0.458. The zero-order chi connectivity index (χ0) is 15.8. The van der Waals surface area contributed by atoms with Crippen LogP contribution >= 0.6 is 11.8 Å². The van der Waals surface area contributed by atoms with Crippen LogP contribution in [0.25, 0.3) is 0 Å². The minimum absolute atomic E-state index is 0.142. The van der Waals surface area contributed by atoms with Crippen molar-refractivity contribution in [2.24, 2.45) is 5.92 Å². The summed E-state index contributed by atoms with van der Waals surface area (Å²) in [7, 11) is 3.07. The number of aromatic nitrogens is 2. The van der Waals surface area contributed by atoms with E-state index in [1.54, 1.807) is 6.07 Å². The Labute approximate surface area is 129 Å². The Balaban J connectivity index is 2.88. The van der Waals surface area contributed by atoms with Crippen LogP contribution in [0.4, 0.5) is 0 Å². The highest BCUT2D eigenvalue weighted by molar-refractivity contribution is 7.99. The van der Waals surface area contributed by atoms with E-state index < -0.39 is 5.97 Å². The lowest BCUT2D eigenvalue weighted by Gasteiger charge is -2.21. The number of thioether (sulfide) groups is 1. The molecule has 2 unspecified atom stereocenters. The zero-order valence-electron chi connectivity index (χ0n) is 12.8. The molecule has 1 heterocycles. The molecule has 0 saturated heterocycles. The predicted octanol–water partition coefficient (Wildman–Crippen LogP) is 2.87. The molecule has 21 heavy (non-hydrogen) atoms. The Bertz CT molecular complexity index is 448. The number of carboxylic acids is 1. The third-order valence-electron chi connectivity index (χ3n) is 3.26. The molecule has 118 valence electrons. The second-order valence-electron chi connectivity index (χ2n) is 4.71. The van der Waals surface area contributed by atoms with Crippen molar-refractivity contribution >= 4 is 17.7 Å². The molecule has 0 saturated carbocycles. The Hall–Kier alpha value is -1.50. The number of aliphatic carboxylic acids is 1. The van der Waals surface area contributed by atoms with E-state index >= 15 is 0 Å². The van der Waals surface area contributed by atoms with Crippen LogP contribution in [-0.2, 0) is 4.79 Å². The van der Waals surface area contributed by atoms with Crippen LogP contribution in [0.5, 0.6) is 11.8 Å². The fourth-order valence-electron chi connectivity index (χ4n) is 1.77. The van der Waals surface area contributed by atoms with Gasteiger partial charge >= 0.3 is 5.97 Å². The minimum Gasteiger partial charge on any atom is -0.481 e. The van der Waals surface area contributed by atoms with Gasteiger partial charge in [-0.3, -0.25) is 4.79 Å². The van der Waals surface area contributed by atoms with Crippen molar-refractivity contribution < 1.29 is 19.4 Å². The molecule has 6 nitrogen and oxygen atoms in total. The summed E-state index contributed by atoms with van der Waals surface area (Å²) in [6, 6.07) is 1.61. The highest BCUT2D eigenvalue weighted by atomic mass is 32.2. The predicted molar refractivity (Wildman–Crippen MR) is 81.1 cm³/mol. The van der Waals surface area contributed by atoms with E-state index in [0.717, 1.165) is 6.42 Å². The van der Waals surface area contributed by atoms with Gasteiger partial charge in [-0.05, 0) is 12.3 Å². The van der Waals surface area contributed by atoms with E-state index in [9.17, 15) is 4.79 Å². The van der Waals surface area contributed by atoms with Gasteiger partial charge in [0.15, 0.2) is 5.16 Å². The molecular weight excluding hydrogens is 292 g/mol. The maximum absolute atomic E-state index is 10.8. The van der Waals surface area contributed by atoms with Crippen molar-refractivity contribution in [2.75, 3.05) is 14.2 Å². The highest BCUT2D eigenvalue weighted by Crippen LogP contribution is 2.32. The number of methoxy groups -OCH3 is 2. The lowest BCUT2D eigenvalue weighted by atomic mass is 10.0. The van der Waals surface area contributed by atoms with E-state index in [4.69, 9.17) is 14.6 Å². The summed E-state index contributed by atoms with van der Waals surface area (Å²) in [6.07, 6.45) is 1.69. The maximum Gasteiger partial charge on any atom is 0.303 e. The average Bonchev–Trinajstić information content (AvgIpc) is 2.49. The van der Waals surface area contributed by atoms with Gasteiger partial charge in [0, 0.05) is 11.7 Å². The first-order chi connectivity index (χ1) is 9.99. The molecule has 1 aromatic heterocycles. The molecule has 0 aliphatic heterocycles. The molecule has 7 heteroatoms. The normalized spacial score (nSPS) is 13.5. The summed E-state index contributed by atoms with van der Waals surface area (Å²) < 4.78 is 10.3. The fraction of sp³-hybridized carbons (Fsp3) is 0.643. The van der Waals surface area contributed by atoms with E-state index in [1.807, 2.05) is 0 Å². The van der Waals surface area contributed by atoms with Gasteiger partial charge in [-0.2, -0.15) is 9.97 Å². The number of carboxylic acid groups (broad SMARTS) is 1. The van der Waals surface area contributed by atoms with Gasteiger partial charge in [0.05, 0.1) is 20.3 Å². The first-order valence-electron chi connectivity index (χ1n) is 6.85. The zero-order valence-corrected chi connectivity index (χ0v) is 13.6. The molecule has 0 spiro atoms. The van der Waals surface area contributed by atoms with Gasteiger partial charge in [0.25, 0.3) is 0 Å². The molecule has 0 amide bonds. The molecule has 0 aliphatic carbocycles. The van der Waals surface area contributed by atoms with Gasteiger partial charge in [0.1, 0.15) is 0 Å². The first-order valence-corrected chi connectivity index (χ1v) is 7.73. The number of hydrogen-bond donors (Lipinski definition) is 1. The second kappa shape index (κ2) is 8.71. The van der Waals surface area contributed by atoms with E-state index in [2.05, 4.69) is 23.8 Å². The highest BCUT2D eigenvalue weighted by Gasteiger charge is 2.20. The van der Waals surface area contributed by atoms with Gasteiger partial charge < -0.3 is 14.6 Å². The molecule has 2 atom stereocenters. The molecule has 0 aromatic carbocycles. The van der Waals surface area contributed by atoms with Crippen LogP contribution in [0.15, 0.2) is 11.2 Å². The van der Waals surface area contributed by atoms with Crippen molar-refractivity contribution in [1.82, 2.24) is 9.97 Å². The molecule has 1 N–H and O–H groups in total. The topological polar surface area (TPSA) is 81.5 Å². The Morgan fingerprint density at radius 2 is 1.90 bits per heavy atom. The molecule has 0 aliphatic rings. The number of nitrogens with zero attached hydrogens (tertiary/aromatic N) is 2. The van der Waals surface area contributed by atoms with E-state index in [0.29, 0.717) is 29.3 Å². The monoisotopic (exact) mass is 314 g/mol. The van der Waals surface area contributed by atoms with Crippen LogP contribution in [-0.4, -0.2) is 40.5 Å². The maximum atomic E-state index is 10.8. The van der Waals surface area contributed by atoms with Crippen molar-refractivity contribution in [3.05, 3.63) is 6.07 Å². The number of carbonyl (C=O) groups is 1. The largest absolute Gasteiger partial charge is 0.481 e. The standard InChI is InChI=1S/C14H22N2O4S/c1-5-9(2)10(6-7-13(17)18)21-14-15-11(19-3)8-12(16-14)20-4/h8-10H,5-7H2,1-4H3,(H,17,18). The molecule has 1 rings (SSSR count). The van der Waals surface area contributed by atoms with Crippen molar-refractivity contribution in [1.29, 1.82) is 0 Å². The molecule has 0 radical (unpaired) electrons. The number of rotatable bonds is 9. The molecule has 0 bridgehead atoms. The van der Waals surface area contributed by atoms with Crippen LogP contribution in [0.1, 0.15) is 33.1 Å². The van der Waals surface area contributed by atoms with Crippen LogP contribution in [0.3, 0.4) is 0 Å². The number of ether oxygens (including phenoxy) is 2. The molecular formula is C14H22N2O4S. The smallest absolute Gasteiger partial charge is 0.303 e. The molecule has 0 fully saturated rings. The summed E-state index contributed by atoms with van der Waals surface area (Å²) in [5, 5.41) is 9.55. The van der Waals surface area contributed by atoms with Crippen LogP contribution < -0.4 is 9.47 Å². The first kappa shape index (κ1) is 17.6. The summed E-state index contributed by atoms with van der Waals surface area (Å²) in [6.45, 7) is 4.20. The van der Waals surface area contributed by atoms with E-state index in [-0.39, 0.29) is 11.7 Å². The summed E-state index contributed by atoms with van der Waals surface area (Å²) in [5.41, 5.74) is 0. The van der Waals surface area contributed by atoms with Crippen molar-refractivity contribution in [3.8, 4) is 11.8 Å². The Morgan fingerprint density at radius 1 is 1.33 bits per heavy atom.